The van der Waals surface area contributed by atoms with Crippen molar-refractivity contribution >= 4 is 11.9 Å². The maximum absolute atomic E-state index is 11.9. The predicted molar refractivity (Wildman–Crippen MR) is 74.7 cm³/mol. The molecule has 0 bridgehead atoms. The van der Waals surface area contributed by atoms with E-state index in [1.165, 1.54) is 32.8 Å². The summed E-state index contributed by atoms with van der Waals surface area (Å²) in [5.41, 5.74) is 0. The van der Waals surface area contributed by atoms with Crippen molar-refractivity contribution in [3.8, 4) is 0 Å². The van der Waals surface area contributed by atoms with E-state index >= 15 is 0 Å². The fourth-order valence-electron chi connectivity index (χ4n) is 2.81. The first-order valence-corrected chi connectivity index (χ1v) is 7.50. The standard InChI is InChI=1S/C15H27NO3/c1-4-5-6-7-8-9-12(2)16-13(15(18)19-3)10-11-14(16)17/h12-13H,4-11H2,1-3H3. The van der Waals surface area contributed by atoms with E-state index in [1.54, 1.807) is 4.90 Å². The van der Waals surface area contributed by atoms with Crippen molar-refractivity contribution in [2.45, 2.75) is 77.3 Å². The molecular formula is C15H27NO3. The zero-order chi connectivity index (χ0) is 14.3. The molecule has 0 spiro atoms. The van der Waals surface area contributed by atoms with Crippen LogP contribution < -0.4 is 0 Å². The molecule has 1 heterocycles. The molecule has 19 heavy (non-hydrogen) atoms. The fourth-order valence-corrected chi connectivity index (χ4v) is 2.81. The van der Waals surface area contributed by atoms with Crippen molar-refractivity contribution in [3.63, 3.8) is 0 Å². The first-order valence-electron chi connectivity index (χ1n) is 7.50. The number of unbranched alkanes of at least 4 members (excludes halogenated alkanes) is 4. The van der Waals surface area contributed by atoms with E-state index in [2.05, 4.69) is 6.92 Å². The lowest BCUT2D eigenvalue weighted by Gasteiger charge is -2.29. The topological polar surface area (TPSA) is 46.6 Å². The average Bonchev–Trinajstić information content (AvgIpc) is 2.79. The van der Waals surface area contributed by atoms with Crippen molar-refractivity contribution in [1.29, 1.82) is 0 Å². The van der Waals surface area contributed by atoms with Gasteiger partial charge in [0.1, 0.15) is 6.04 Å². The highest BCUT2D eigenvalue weighted by molar-refractivity contribution is 5.88. The van der Waals surface area contributed by atoms with Crippen LogP contribution in [0.3, 0.4) is 0 Å². The number of esters is 1. The van der Waals surface area contributed by atoms with Gasteiger partial charge >= 0.3 is 5.97 Å². The molecule has 1 fully saturated rings. The van der Waals surface area contributed by atoms with Crippen LogP contribution in [0.4, 0.5) is 0 Å². The van der Waals surface area contributed by atoms with Crippen LogP contribution in [-0.2, 0) is 14.3 Å². The summed E-state index contributed by atoms with van der Waals surface area (Å²) >= 11 is 0. The van der Waals surface area contributed by atoms with Gasteiger partial charge in [-0.15, -0.1) is 0 Å². The van der Waals surface area contributed by atoms with Gasteiger partial charge < -0.3 is 9.64 Å². The summed E-state index contributed by atoms with van der Waals surface area (Å²) in [6.45, 7) is 4.24. The van der Waals surface area contributed by atoms with Crippen LogP contribution in [0.15, 0.2) is 0 Å². The van der Waals surface area contributed by atoms with E-state index in [0.717, 1.165) is 12.8 Å². The smallest absolute Gasteiger partial charge is 0.328 e. The fraction of sp³-hybridized carbons (Fsp3) is 0.867. The normalized spacial score (nSPS) is 20.7. The maximum atomic E-state index is 11.9. The van der Waals surface area contributed by atoms with Gasteiger partial charge in [0.15, 0.2) is 0 Å². The second-order valence-electron chi connectivity index (χ2n) is 5.43. The number of rotatable bonds is 8. The molecule has 1 saturated heterocycles. The molecule has 4 heteroatoms. The molecular weight excluding hydrogens is 242 g/mol. The van der Waals surface area contributed by atoms with Crippen LogP contribution in [0, 0.1) is 0 Å². The van der Waals surface area contributed by atoms with Crippen molar-refractivity contribution < 1.29 is 14.3 Å². The third kappa shape index (κ3) is 4.51. The number of likely N-dealkylation sites (tertiary alicyclic amines) is 1. The Balaban J connectivity index is 2.41. The number of hydrogen-bond donors (Lipinski definition) is 0. The second kappa shape index (κ2) is 8.18. The number of nitrogens with zero attached hydrogens (tertiary/aromatic N) is 1. The molecule has 4 nitrogen and oxygen atoms in total. The SMILES string of the molecule is CCCCCCCC(C)N1C(=O)CCC1C(=O)OC. The summed E-state index contributed by atoms with van der Waals surface area (Å²) in [5.74, 6) is -0.180. The number of ether oxygens (including phenoxy) is 1. The van der Waals surface area contributed by atoms with Crippen LogP contribution >= 0.6 is 0 Å². The summed E-state index contributed by atoms with van der Waals surface area (Å²) < 4.78 is 4.79. The van der Waals surface area contributed by atoms with E-state index in [4.69, 9.17) is 4.74 Å². The highest BCUT2D eigenvalue weighted by Gasteiger charge is 2.39. The first-order chi connectivity index (χ1) is 9.11. The molecule has 1 aliphatic heterocycles. The largest absolute Gasteiger partial charge is 0.467 e. The molecule has 1 rings (SSSR count). The molecule has 0 radical (unpaired) electrons. The molecule has 0 N–H and O–H groups in total. The lowest BCUT2D eigenvalue weighted by Crippen LogP contribution is -2.44. The molecule has 1 aliphatic rings. The van der Waals surface area contributed by atoms with E-state index in [-0.39, 0.29) is 24.0 Å². The zero-order valence-electron chi connectivity index (χ0n) is 12.5. The average molecular weight is 269 g/mol. The summed E-state index contributed by atoms with van der Waals surface area (Å²) in [5, 5.41) is 0. The second-order valence-corrected chi connectivity index (χ2v) is 5.43. The molecule has 0 aliphatic carbocycles. The molecule has 110 valence electrons. The van der Waals surface area contributed by atoms with Crippen molar-refractivity contribution in [2.75, 3.05) is 7.11 Å². The highest BCUT2D eigenvalue weighted by atomic mass is 16.5. The molecule has 0 saturated carbocycles. The minimum atomic E-state index is -0.358. The summed E-state index contributed by atoms with van der Waals surface area (Å²) in [6.07, 6.45) is 8.17. The van der Waals surface area contributed by atoms with Crippen LogP contribution in [0.25, 0.3) is 0 Å². The molecule has 2 unspecified atom stereocenters. The molecule has 1 amide bonds. The summed E-state index contributed by atoms with van der Waals surface area (Å²) in [6, 6.07) is -0.219. The van der Waals surface area contributed by atoms with Crippen molar-refractivity contribution in [1.82, 2.24) is 4.90 Å². The minimum Gasteiger partial charge on any atom is -0.467 e. The number of amides is 1. The Hall–Kier alpha value is -1.06. The summed E-state index contributed by atoms with van der Waals surface area (Å²) in [4.78, 5) is 25.3. The van der Waals surface area contributed by atoms with Gasteiger partial charge in [-0.25, -0.2) is 4.79 Å². The van der Waals surface area contributed by atoms with Gasteiger partial charge in [0.2, 0.25) is 5.91 Å². The lowest BCUT2D eigenvalue weighted by molar-refractivity contribution is -0.150. The van der Waals surface area contributed by atoms with Gasteiger partial charge in [-0.05, 0) is 19.8 Å². The van der Waals surface area contributed by atoms with Gasteiger partial charge in [-0.2, -0.15) is 0 Å². The van der Waals surface area contributed by atoms with Crippen molar-refractivity contribution in [2.24, 2.45) is 0 Å². The quantitative estimate of drug-likeness (QED) is 0.503. The Kier molecular flexibility index (Phi) is 6.89. The van der Waals surface area contributed by atoms with Crippen LogP contribution in [-0.4, -0.2) is 36.0 Å². The van der Waals surface area contributed by atoms with E-state index in [9.17, 15) is 9.59 Å². The Labute approximate surface area is 116 Å². The molecule has 0 aromatic carbocycles. The maximum Gasteiger partial charge on any atom is 0.328 e. The van der Waals surface area contributed by atoms with Gasteiger partial charge in [0.05, 0.1) is 7.11 Å². The van der Waals surface area contributed by atoms with Gasteiger partial charge in [0.25, 0.3) is 0 Å². The highest BCUT2D eigenvalue weighted by Crippen LogP contribution is 2.25. The van der Waals surface area contributed by atoms with Gasteiger partial charge in [0, 0.05) is 12.5 Å². The van der Waals surface area contributed by atoms with Gasteiger partial charge in [-0.3, -0.25) is 4.79 Å². The van der Waals surface area contributed by atoms with Crippen LogP contribution in [0.1, 0.15) is 65.2 Å². The Morgan fingerprint density at radius 2 is 2.05 bits per heavy atom. The Morgan fingerprint density at radius 3 is 2.68 bits per heavy atom. The number of carbonyl (C=O) groups excluding carboxylic acids is 2. The number of methoxy groups -OCH3 is 1. The Bertz CT molecular complexity index is 304. The number of hydrogen-bond acceptors (Lipinski definition) is 3. The minimum absolute atomic E-state index is 0.0939. The van der Waals surface area contributed by atoms with E-state index in [1.807, 2.05) is 6.92 Å². The lowest BCUT2D eigenvalue weighted by atomic mass is 10.1. The third-order valence-corrected chi connectivity index (χ3v) is 3.93. The first kappa shape index (κ1) is 16.0. The summed E-state index contributed by atoms with van der Waals surface area (Å²) in [7, 11) is 1.39. The van der Waals surface area contributed by atoms with E-state index in [0.29, 0.717) is 12.8 Å². The van der Waals surface area contributed by atoms with E-state index < -0.39 is 0 Å². The third-order valence-electron chi connectivity index (χ3n) is 3.93. The molecule has 0 aromatic heterocycles. The number of carbonyl (C=O) groups is 2. The Morgan fingerprint density at radius 1 is 1.37 bits per heavy atom. The predicted octanol–water partition coefficient (Wildman–Crippen LogP) is 2.90. The monoisotopic (exact) mass is 269 g/mol. The zero-order valence-corrected chi connectivity index (χ0v) is 12.5. The van der Waals surface area contributed by atoms with Gasteiger partial charge in [-0.1, -0.05) is 39.0 Å². The van der Waals surface area contributed by atoms with Crippen LogP contribution in [0.5, 0.6) is 0 Å². The molecule has 2 atom stereocenters. The molecule has 0 aromatic rings. The van der Waals surface area contributed by atoms with Crippen molar-refractivity contribution in [3.05, 3.63) is 0 Å². The van der Waals surface area contributed by atoms with Crippen LogP contribution in [0.2, 0.25) is 0 Å².